The molecule has 0 saturated carbocycles. The van der Waals surface area contributed by atoms with E-state index in [1.807, 2.05) is 12.1 Å². The van der Waals surface area contributed by atoms with Gasteiger partial charge in [-0.05, 0) is 38.5 Å². The van der Waals surface area contributed by atoms with Gasteiger partial charge in [0.2, 0.25) is 0 Å². The summed E-state index contributed by atoms with van der Waals surface area (Å²) in [5.74, 6) is 1.46. The van der Waals surface area contributed by atoms with Gasteiger partial charge in [-0.1, -0.05) is 6.07 Å². The van der Waals surface area contributed by atoms with Crippen LogP contribution in [0, 0.1) is 6.92 Å². The molecule has 0 aliphatic heterocycles. The van der Waals surface area contributed by atoms with Crippen LogP contribution >= 0.6 is 0 Å². The molecule has 0 aliphatic carbocycles. The fourth-order valence-corrected chi connectivity index (χ4v) is 2.15. The van der Waals surface area contributed by atoms with Crippen molar-refractivity contribution in [3.8, 4) is 0 Å². The minimum atomic E-state index is -0.130. The zero-order valence-corrected chi connectivity index (χ0v) is 12.7. The summed E-state index contributed by atoms with van der Waals surface area (Å²) in [7, 11) is 0. The van der Waals surface area contributed by atoms with Gasteiger partial charge in [0.05, 0.1) is 11.8 Å². The third-order valence-electron chi connectivity index (χ3n) is 3.45. The second-order valence-corrected chi connectivity index (χ2v) is 4.77. The Morgan fingerprint density at radius 3 is 2.57 bits per heavy atom. The van der Waals surface area contributed by atoms with Gasteiger partial charge in [0.1, 0.15) is 11.6 Å². The fourth-order valence-electron chi connectivity index (χ4n) is 2.15. The van der Waals surface area contributed by atoms with Gasteiger partial charge in [0.25, 0.3) is 5.91 Å². The first-order valence-corrected chi connectivity index (χ1v) is 7.17. The number of pyridine rings is 1. The third kappa shape index (κ3) is 3.62. The topological polar surface area (TPSA) is 58.4 Å². The lowest BCUT2D eigenvalue weighted by molar-refractivity contribution is 0.0949. The van der Waals surface area contributed by atoms with Crippen molar-refractivity contribution in [3.63, 3.8) is 0 Å². The Balaban J connectivity index is 1.95. The summed E-state index contributed by atoms with van der Waals surface area (Å²) in [5.41, 5.74) is 1.54. The van der Waals surface area contributed by atoms with Crippen molar-refractivity contribution in [1.29, 1.82) is 0 Å². The Hall–Kier alpha value is -2.30. The molecule has 0 saturated heterocycles. The van der Waals surface area contributed by atoms with Crippen molar-refractivity contribution in [2.75, 3.05) is 18.0 Å². The number of anilines is 1. The van der Waals surface area contributed by atoms with Crippen molar-refractivity contribution in [1.82, 2.24) is 10.3 Å². The van der Waals surface area contributed by atoms with E-state index in [4.69, 9.17) is 4.42 Å². The highest BCUT2D eigenvalue weighted by atomic mass is 16.3. The van der Waals surface area contributed by atoms with Gasteiger partial charge in [-0.2, -0.15) is 0 Å². The molecule has 0 aromatic carbocycles. The summed E-state index contributed by atoms with van der Waals surface area (Å²) in [4.78, 5) is 18.6. The van der Waals surface area contributed by atoms with E-state index < -0.39 is 0 Å². The Kier molecular flexibility index (Phi) is 4.98. The lowest BCUT2D eigenvalue weighted by atomic mass is 10.2. The van der Waals surface area contributed by atoms with E-state index in [-0.39, 0.29) is 5.91 Å². The van der Waals surface area contributed by atoms with Crippen molar-refractivity contribution >= 4 is 11.7 Å². The number of aromatic nitrogens is 1. The SMILES string of the molecule is CCN(CC)c1ccc(CNC(=O)c2ccoc2C)cn1. The van der Waals surface area contributed by atoms with Crippen LogP contribution in [0.4, 0.5) is 5.82 Å². The van der Waals surface area contributed by atoms with Crippen molar-refractivity contribution in [3.05, 3.63) is 47.5 Å². The number of nitrogens with one attached hydrogen (secondary N) is 1. The number of hydrogen-bond acceptors (Lipinski definition) is 4. The maximum Gasteiger partial charge on any atom is 0.255 e. The number of rotatable bonds is 6. The van der Waals surface area contributed by atoms with E-state index in [0.717, 1.165) is 24.5 Å². The minimum absolute atomic E-state index is 0.130. The number of carbonyl (C=O) groups is 1. The molecule has 2 heterocycles. The summed E-state index contributed by atoms with van der Waals surface area (Å²) < 4.78 is 5.13. The summed E-state index contributed by atoms with van der Waals surface area (Å²) >= 11 is 0. The molecule has 1 N–H and O–H groups in total. The Labute approximate surface area is 125 Å². The predicted molar refractivity (Wildman–Crippen MR) is 82.4 cm³/mol. The molecule has 0 unspecified atom stereocenters. The molecular formula is C16H21N3O2. The summed E-state index contributed by atoms with van der Waals surface area (Å²) in [6.07, 6.45) is 3.32. The fraction of sp³-hybridized carbons (Fsp3) is 0.375. The van der Waals surface area contributed by atoms with Crippen LogP contribution in [0.3, 0.4) is 0 Å². The smallest absolute Gasteiger partial charge is 0.255 e. The van der Waals surface area contributed by atoms with Gasteiger partial charge in [0, 0.05) is 25.8 Å². The molecule has 2 rings (SSSR count). The molecule has 0 bridgehead atoms. The standard InChI is InChI=1S/C16H21N3O2/c1-4-19(5-2)15-7-6-13(10-17-15)11-18-16(20)14-8-9-21-12(14)3/h6-10H,4-5,11H2,1-3H3,(H,18,20). The molecule has 5 heteroatoms. The average molecular weight is 287 g/mol. The lowest BCUT2D eigenvalue weighted by Crippen LogP contribution is -2.24. The Morgan fingerprint density at radius 2 is 2.05 bits per heavy atom. The molecule has 0 fully saturated rings. The molecule has 0 radical (unpaired) electrons. The van der Waals surface area contributed by atoms with Gasteiger partial charge < -0.3 is 14.6 Å². The maximum atomic E-state index is 12.0. The van der Waals surface area contributed by atoms with Gasteiger partial charge >= 0.3 is 0 Å². The number of hydrogen-bond donors (Lipinski definition) is 1. The van der Waals surface area contributed by atoms with E-state index in [9.17, 15) is 4.79 Å². The Morgan fingerprint density at radius 1 is 1.29 bits per heavy atom. The van der Waals surface area contributed by atoms with E-state index in [2.05, 4.69) is 29.0 Å². The molecule has 0 spiro atoms. The molecule has 21 heavy (non-hydrogen) atoms. The minimum Gasteiger partial charge on any atom is -0.469 e. The highest BCUT2D eigenvalue weighted by molar-refractivity contribution is 5.94. The molecule has 0 atom stereocenters. The predicted octanol–water partition coefficient (Wildman–Crippen LogP) is 2.76. The molecule has 1 amide bonds. The molecule has 2 aromatic heterocycles. The molecule has 5 nitrogen and oxygen atoms in total. The quantitative estimate of drug-likeness (QED) is 0.887. The van der Waals surface area contributed by atoms with Crippen molar-refractivity contribution in [2.24, 2.45) is 0 Å². The van der Waals surface area contributed by atoms with Crippen LogP contribution in [0.15, 0.2) is 35.1 Å². The largest absolute Gasteiger partial charge is 0.469 e. The van der Waals surface area contributed by atoms with Gasteiger partial charge in [0.15, 0.2) is 0 Å². The molecule has 0 aliphatic rings. The summed E-state index contributed by atoms with van der Waals surface area (Å²) in [6.45, 7) is 8.29. The van der Waals surface area contributed by atoms with Crippen molar-refractivity contribution < 1.29 is 9.21 Å². The second kappa shape index (κ2) is 6.92. The monoisotopic (exact) mass is 287 g/mol. The van der Waals surface area contributed by atoms with Gasteiger partial charge in [-0.25, -0.2) is 4.98 Å². The second-order valence-electron chi connectivity index (χ2n) is 4.77. The van der Waals surface area contributed by atoms with Crippen LogP contribution in [0.1, 0.15) is 35.5 Å². The number of furan rings is 1. The summed E-state index contributed by atoms with van der Waals surface area (Å²) in [6, 6.07) is 5.65. The maximum absolute atomic E-state index is 12.0. The number of aryl methyl sites for hydroxylation is 1. The zero-order valence-electron chi connectivity index (χ0n) is 12.7. The highest BCUT2D eigenvalue weighted by Crippen LogP contribution is 2.12. The van der Waals surface area contributed by atoms with Crippen LogP contribution in [-0.2, 0) is 6.54 Å². The number of amides is 1. The Bertz CT molecular complexity index is 586. The first-order chi connectivity index (χ1) is 10.2. The van der Waals surface area contributed by atoms with Crippen LogP contribution in [0.2, 0.25) is 0 Å². The number of carbonyl (C=O) groups excluding carboxylic acids is 1. The van der Waals surface area contributed by atoms with E-state index in [1.54, 1.807) is 19.2 Å². The van der Waals surface area contributed by atoms with E-state index >= 15 is 0 Å². The molecule has 112 valence electrons. The zero-order chi connectivity index (χ0) is 15.2. The third-order valence-corrected chi connectivity index (χ3v) is 3.45. The first kappa shape index (κ1) is 15.1. The average Bonchev–Trinajstić information content (AvgIpc) is 2.93. The number of nitrogens with zero attached hydrogens (tertiary/aromatic N) is 2. The summed E-state index contributed by atoms with van der Waals surface area (Å²) in [5, 5.41) is 2.87. The van der Waals surface area contributed by atoms with Crippen LogP contribution in [0.5, 0.6) is 0 Å². The van der Waals surface area contributed by atoms with Crippen LogP contribution in [0.25, 0.3) is 0 Å². The molecular weight excluding hydrogens is 266 g/mol. The molecule has 2 aromatic rings. The van der Waals surface area contributed by atoms with Crippen LogP contribution in [-0.4, -0.2) is 24.0 Å². The van der Waals surface area contributed by atoms with Crippen molar-refractivity contribution in [2.45, 2.75) is 27.3 Å². The van der Waals surface area contributed by atoms with E-state index in [1.165, 1.54) is 6.26 Å². The lowest BCUT2D eigenvalue weighted by Gasteiger charge is -2.19. The normalized spacial score (nSPS) is 10.4. The van der Waals surface area contributed by atoms with Gasteiger partial charge in [-0.3, -0.25) is 4.79 Å². The highest BCUT2D eigenvalue weighted by Gasteiger charge is 2.11. The first-order valence-electron chi connectivity index (χ1n) is 7.17. The van der Waals surface area contributed by atoms with E-state index in [0.29, 0.717) is 17.9 Å². The van der Waals surface area contributed by atoms with Gasteiger partial charge in [-0.15, -0.1) is 0 Å². The van der Waals surface area contributed by atoms with Crippen LogP contribution < -0.4 is 10.2 Å².